The van der Waals surface area contributed by atoms with Crippen LogP contribution in [0.15, 0.2) is 35.1 Å². The summed E-state index contributed by atoms with van der Waals surface area (Å²) in [6.07, 6.45) is 0.344. The molecule has 0 amide bonds. The molecule has 0 bridgehead atoms. The van der Waals surface area contributed by atoms with Gasteiger partial charge in [0.1, 0.15) is 18.5 Å². The number of ether oxygens (including phenoxy) is 1. The van der Waals surface area contributed by atoms with E-state index in [1.54, 1.807) is 26.1 Å². The van der Waals surface area contributed by atoms with Crippen molar-refractivity contribution in [3.8, 4) is 11.8 Å². The van der Waals surface area contributed by atoms with E-state index in [9.17, 15) is 14.9 Å². The molecule has 0 spiro atoms. The number of aromatic nitrogens is 2. The summed E-state index contributed by atoms with van der Waals surface area (Å²) in [6.45, 7) is 4.92. The average Bonchev–Trinajstić information content (AvgIpc) is 2.86. The Morgan fingerprint density at radius 2 is 1.94 bits per heavy atom. The van der Waals surface area contributed by atoms with Gasteiger partial charge in [-0.25, -0.2) is 4.98 Å². The van der Waals surface area contributed by atoms with Crippen LogP contribution in [0.3, 0.4) is 0 Å². The first-order valence-corrected chi connectivity index (χ1v) is 11.8. The number of nitriles is 1. The second-order valence-electron chi connectivity index (χ2n) is 8.54. The van der Waals surface area contributed by atoms with Crippen molar-refractivity contribution in [2.24, 2.45) is 7.05 Å². The molecule has 1 saturated heterocycles. The van der Waals surface area contributed by atoms with Crippen LogP contribution in [0.2, 0.25) is 5.02 Å². The first kappa shape index (κ1) is 24.5. The van der Waals surface area contributed by atoms with Gasteiger partial charge in [0.2, 0.25) is 0 Å². The molecule has 3 heterocycles. The number of aryl methyl sites for hydroxylation is 1. The summed E-state index contributed by atoms with van der Waals surface area (Å²) >= 11 is 6.47. The summed E-state index contributed by atoms with van der Waals surface area (Å²) < 4.78 is 6.98. The Labute approximate surface area is 208 Å². The first-order valence-electron chi connectivity index (χ1n) is 11.4. The van der Waals surface area contributed by atoms with Gasteiger partial charge in [-0.15, -0.1) is 0 Å². The SMILES string of the molecule is CCC(=O)COc1cc2cc(Nc3nc(N4CCN(C)CC4)c(C#N)cc3Cl)ccc2n(C)c1=O. The van der Waals surface area contributed by atoms with Crippen LogP contribution in [0.5, 0.6) is 5.75 Å². The third-order valence-electron chi connectivity index (χ3n) is 6.12. The summed E-state index contributed by atoms with van der Waals surface area (Å²) in [5.41, 5.74) is 1.54. The predicted molar refractivity (Wildman–Crippen MR) is 137 cm³/mol. The maximum atomic E-state index is 12.6. The molecule has 2 aromatic heterocycles. The molecule has 0 saturated carbocycles. The van der Waals surface area contributed by atoms with Crippen LogP contribution >= 0.6 is 11.6 Å². The number of piperazine rings is 1. The largest absolute Gasteiger partial charge is 0.480 e. The second kappa shape index (κ2) is 10.3. The van der Waals surface area contributed by atoms with Gasteiger partial charge >= 0.3 is 0 Å². The molecule has 1 aromatic carbocycles. The van der Waals surface area contributed by atoms with Crippen LogP contribution in [-0.2, 0) is 11.8 Å². The zero-order valence-electron chi connectivity index (χ0n) is 20.0. The zero-order valence-corrected chi connectivity index (χ0v) is 20.7. The molecule has 1 aliphatic rings. The number of likely N-dealkylation sites (N-methyl/N-ethyl adjacent to an activating group) is 1. The Morgan fingerprint density at radius 1 is 1.20 bits per heavy atom. The monoisotopic (exact) mass is 494 g/mol. The lowest BCUT2D eigenvalue weighted by molar-refractivity contribution is -0.120. The molecule has 1 aliphatic heterocycles. The van der Waals surface area contributed by atoms with Crippen molar-refractivity contribution in [1.82, 2.24) is 14.5 Å². The van der Waals surface area contributed by atoms with Crippen molar-refractivity contribution in [3.05, 3.63) is 51.3 Å². The summed E-state index contributed by atoms with van der Waals surface area (Å²) in [6, 6.07) is 11.0. The fourth-order valence-corrected chi connectivity index (χ4v) is 4.14. The molecule has 0 unspecified atom stereocenters. The molecule has 35 heavy (non-hydrogen) atoms. The Hall–Kier alpha value is -3.61. The number of carbonyl (C=O) groups is 1. The maximum absolute atomic E-state index is 12.6. The normalized spacial score (nSPS) is 14.1. The molecular weight excluding hydrogens is 468 g/mol. The van der Waals surface area contributed by atoms with Gasteiger partial charge in [-0.2, -0.15) is 5.26 Å². The highest BCUT2D eigenvalue weighted by atomic mass is 35.5. The molecular formula is C25H27ClN6O3. The molecule has 10 heteroatoms. The van der Waals surface area contributed by atoms with Crippen molar-refractivity contribution >= 4 is 45.6 Å². The minimum atomic E-state index is -0.310. The number of hydrogen-bond acceptors (Lipinski definition) is 8. The van der Waals surface area contributed by atoms with Gasteiger partial charge in [-0.3, -0.25) is 9.59 Å². The number of nitrogens with one attached hydrogen (secondary N) is 1. The number of halogens is 1. The molecule has 0 aliphatic carbocycles. The number of nitrogens with zero attached hydrogens (tertiary/aromatic N) is 5. The number of fused-ring (bicyclic) bond motifs is 1. The quantitative estimate of drug-likeness (QED) is 0.533. The predicted octanol–water partition coefficient (Wildman–Crippen LogP) is 3.31. The van der Waals surface area contributed by atoms with E-state index >= 15 is 0 Å². The Bertz CT molecular complexity index is 1370. The standard InChI is InChI=1S/C25H27ClN6O3/c1-4-19(33)15-35-22-13-16-11-18(5-6-21(16)31(3)25(22)34)28-23-20(26)12-17(14-27)24(29-23)32-9-7-30(2)8-10-32/h5-6,11-13H,4,7-10,15H2,1-3H3,(H,28,29). The molecule has 0 radical (unpaired) electrons. The van der Waals surface area contributed by atoms with Crippen LogP contribution in [0.1, 0.15) is 18.9 Å². The van der Waals surface area contributed by atoms with Gasteiger partial charge in [-0.05, 0) is 37.4 Å². The summed E-state index contributed by atoms with van der Waals surface area (Å²) in [4.78, 5) is 33.3. The third-order valence-corrected chi connectivity index (χ3v) is 6.40. The molecule has 3 aromatic rings. The van der Waals surface area contributed by atoms with Crippen molar-refractivity contribution in [3.63, 3.8) is 0 Å². The summed E-state index contributed by atoms with van der Waals surface area (Å²) in [7, 11) is 3.73. The number of ketones is 1. The number of carbonyl (C=O) groups excluding carboxylic acids is 1. The van der Waals surface area contributed by atoms with E-state index in [1.807, 2.05) is 18.2 Å². The molecule has 0 atom stereocenters. The fourth-order valence-electron chi connectivity index (χ4n) is 3.94. The van der Waals surface area contributed by atoms with E-state index in [1.165, 1.54) is 4.57 Å². The Balaban J connectivity index is 1.66. The highest BCUT2D eigenvalue weighted by Gasteiger charge is 2.21. The van der Waals surface area contributed by atoms with E-state index < -0.39 is 0 Å². The van der Waals surface area contributed by atoms with Crippen LogP contribution in [0, 0.1) is 11.3 Å². The van der Waals surface area contributed by atoms with E-state index in [0.717, 1.165) is 31.6 Å². The molecule has 4 rings (SSSR count). The number of anilines is 3. The van der Waals surface area contributed by atoms with Crippen molar-refractivity contribution in [2.45, 2.75) is 13.3 Å². The Morgan fingerprint density at radius 3 is 2.63 bits per heavy atom. The lowest BCUT2D eigenvalue weighted by Crippen LogP contribution is -2.45. The van der Waals surface area contributed by atoms with E-state index in [2.05, 4.69) is 28.2 Å². The molecule has 1 fully saturated rings. The Kier molecular flexibility index (Phi) is 7.24. The number of benzene rings is 1. The van der Waals surface area contributed by atoms with Gasteiger partial charge in [0.15, 0.2) is 17.4 Å². The van der Waals surface area contributed by atoms with E-state index in [4.69, 9.17) is 21.3 Å². The number of Topliss-reactive ketones (excluding diaryl/α,β-unsaturated/α-hetero) is 1. The number of pyridine rings is 2. The molecule has 182 valence electrons. The van der Waals surface area contributed by atoms with Crippen LogP contribution in [-0.4, -0.2) is 60.1 Å². The van der Waals surface area contributed by atoms with Crippen molar-refractivity contribution in [2.75, 3.05) is 50.1 Å². The second-order valence-corrected chi connectivity index (χ2v) is 8.95. The number of rotatable bonds is 7. The van der Waals surface area contributed by atoms with Gasteiger partial charge in [0.25, 0.3) is 5.56 Å². The minimum Gasteiger partial charge on any atom is -0.480 e. The smallest absolute Gasteiger partial charge is 0.293 e. The maximum Gasteiger partial charge on any atom is 0.293 e. The van der Waals surface area contributed by atoms with Gasteiger partial charge in [-0.1, -0.05) is 18.5 Å². The van der Waals surface area contributed by atoms with Crippen molar-refractivity contribution in [1.29, 1.82) is 5.26 Å². The first-order chi connectivity index (χ1) is 16.8. The summed E-state index contributed by atoms with van der Waals surface area (Å²) in [5, 5.41) is 14.0. The third kappa shape index (κ3) is 5.24. The topological polar surface area (TPSA) is 103 Å². The molecule has 9 nitrogen and oxygen atoms in total. The minimum absolute atomic E-state index is 0.0831. The highest BCUT2D eigenvalue weighted by Crippen LogP contribution is 2.31. The van der Waals surface area contributed by atoms with Gasteiger partial charge in [0.05, 0.1) is 16.1 Å². The highest BCUT2D eigenvalue weighted by molar-refractivity contribution is 6.33. The number of hydrogen-bond donors (Lipinski definition) is 1. The van der Waals surface area contributed by atoms with Gasteiger partial charge in [0, 0.05) is 50.7 Å². The van der Waals surface area contributed by atoms with Crippen LogP contribution in [0.25, 0.3) is 10.9 Å². The van der Waals surface area contributed by atoms with E-state index in [0.29, 0.717) is 39.8 Å². The summed E-state index contributed by atoms with van der Waals surface area (Å²) in [5.74, 6) is 1.08. The lowest BCUT2D eigenvalue weighted by atomic mass is 10.1. The lowest BCUT2D eigenvalue weighted by Gasteiger charge is -2.33. The fraction of sp³-hybridized carbons (Fsp3) is 0.360. The average molecular weight is 495 g/mol. The molecule has 1 N–H and O–H groups in total. The van der Waals surface area contributed by atoms with Crippen LogP contribution < -0.4 is 20.5 Å². The van der Waals surface area contributed by atoms with Crippen LogP contribution in [0.4, 0.5) is 17.3 Å². The zero-order chi connectivity index (χ0) is 25.1. The van der Waals surface area contributed by atoms with E-state index in [-0.39, 0.29) is 23.7 Å². The van der Waals surface area contributed by atoms with Gasteiger partial charge < -0.3 is 24.4 Å². The van der Waals surface area contributed by atoms with Crippen molar-refractivity contribution < 1.29 is 9.53 Å².